The molecule has 0 saturated carbocycles. The minimum absolute atomic E-state index is 0.0274. The number of nitro groups is 1. The lowest BCUT2D eigenvalue weighted by Crippen LogP contribution is -1.96. The zero-order valence-electron chi connectivity index (χ0n) is 10.5. The van der Waals surface area contributed by atoms with Gasteiger partial charge in [-0.05, 0) is 17.7 Å². The van der Waals surface area contributed by atoms with Crippen molar-refractivity contribution in [2.45, 2.75) is 10.8 Å². The molecule has 6 nitrogen and oxygen atoms in total. The molecule has 0 saturated heterocycles. The highest BCUT2D eigenvalue weighted by Gasteiger charge is 2.10. The van der Waals surface area contributed by atoms with Crippen molar-refractivity contribution in [2.75, 3.05) is 0 Å². The van der Waals surface area contributed by atoms with Gasteiger partial charge in [-0.3, -0.25) is 10.1 Å². The highest BCUT2D eigenvalue weighted by molar-refractivity contribution is 9.10. The Kier molecular flexibility index (Phi) is 4.92. The summed E-state index contributed by atoms with van der Waals surface area (Å²) in [5.74, 6) is -0.449. The van der Waals surface area contributed by atoms with Crippen LogP contribution in [0.5, 0.6) is 0 Å². The number of halogens is 1. The van der Waals surface area contributed by atoms with Crippen molar-refractivity contribution in [3.05, 3.63) is 62.2 Å². The number of carboxylic acid groups (broad SMARTS) is 1. The number of pyridine rings is 1. The van der Waals surface area contributed by atoms with Gasteiger partial charge < -0.3 is 5.11 Å². The van der Waals surface area contributed by atoms with Gasteiger partial charge in [0, 0.05) is 28.6 Å². The van der Waals surface area contributed by atoms with Gasteiger partial charge in [0.15, 0.2) is 0 Å². The first kappa shape index (κ1) is 15.5. The summed E-state index contributed by atoms with van der Waals surface area (Å²) in [7, 11) is 0. The van der Waals surface area contributed by atoms with Crippen molar-refractivity contribution in [2.24, 2.45) is 0 Å². The SMILES string of the molecule is O=C(O)c1ccc(SCc2ccc([N+](=O)[O-])cc2Br)nc1. The predicted molar refractivity (Wildman–Crippen MR) is 81.6 cm³/mol. The fourth-order valence-corrected chi connectivity index (χ4v) is 3.05. The van der Waals surface area contributed by atoms with E-state index >= 15 is 0 Å². The van der Waals surface area contributed by atoms with Crippen molar-refractivity contribution in [1.82, 2.24) is 4.98 Å². The molecule has 0 spiro atoms. The van der Waals surface area contributed by atoms with Gasteiger partial charge in [-0.2, -0.15) is 0 Å². The molecular formula is C13H9BrN2O4S. The van der Waals surface area contributed by atoms with E-state index in [1.807, 2.05) is 0 Å². The molecule has 0 aliphatic heterocycles. The van der Waals surface area contributed by atoms with Crippen molar-refractivity contribution >= 4 is 39.3 Å². The maximum atomic E-state index is 10.7. The molecule has 1 heterocycles. The van der Waals surface area contributed by atoms with Crippen LogP contribution in [0.3, 0.4) is 0 Å². The minimum Gasteiger partial charge on any atom is -0.478 e. The normalized spacial score (nSPS) is 10.3. The average Bonchev–Trinajstić information content (AvgIpc) is 2.46. The molecule has 0 aliphatic rings. The molecule has 0 unspecified atom stereocenters. The molecule has 0 atom stereocenters. The van der Waals surface area contributed by atoms with Crippen LogP contribution in [0.1, 0.15) is 15.9 Å². The molecule has 1 aromatic heterocycles. The number of nitro benzene ring substituents is 1. The highest BCUT2D eigenvalue weighted by Crippen LogP contribution is 2.28. The molecule has 0 radical (unpaired) electrons. The van der Waals surface area contributed by atoms with E-state index < -0.39 is 10.9 Å². The first-order chi connectivity index (χ1) is 9.97. The number of nitrogens with zero attached hydrogens (tertiary/aromatic N) is 2. The Bertz CT molecular complexity index is 691. The summed E-state index contributed by atoms with van der Waals surface area (Å²) in [5.41, 5.74) is 1.06. The molecular weight excluding hydrogens is 360 g/mol. The van der Waals surface area contributed by atoms with Gasteiger partial charge in [0.05, 0.1) is 15.5 Å². The Labute approximate surface area is 132 Å². The van der Waals surface area contributed by atoms with E-state index in [4.69, 9.17) is 5.11 Å². The summed E-state index contributed by atoms with van der Waals surface area (Å²) < 4.78 is 0.659. The number of carboxylic acids is 1. The molecule has 1 aromatic carbocycles. The third-order valence-corrected chi connectivity index (χ3v) is 4.34. The number of aromatic carboxylic acids is 1. The summed E-state index contributed by atoms with van der Waals surface area (Å²) in [6, 6.07) is 7.70. The second kappa shape index (κ2) is 6.68. The molecule has 0 aliphatic carbocycles. The molecule has 21 heavy (non-hydrogen) atoms. The van der Waals surface area contributed by atoms with Gasteiger partial charge in [0.1, 0.15) is 0 Å². The maximum Gasteiger partial charge on any atom is 0.337 e. The summed E-state index contributed by atoms with van der Waals surface area (Å²) >= 11 is 4.72. The van der Waals surface area contributed by atoms with Crippen LogP contribution in [0.2, 0.25) is 0 Å². The lowest BCUT2D eigenvalue weighted by atomic mass is 10.2. The van der Waals surface area contributed by atoms with E-state index in [0.29, 0.717) is 15.3 Å². The number of non-ortho nitro benzene ring substituents is 1. The zero-order valence-corrected chi connectivity index (χ0v) is 12.9. The fourth-order valence-electron chi connectivity index (χ4n) is 1.51. The monoisotopic (exact) mass is 368 g/mol. The van der Waals surface area contributed by atoms with E-state index in [1.54, 1.807) is 12.1 Å². The van der Waals surface area contributed by atoms with Crippen molar-refractivity contribution < 1.29 is 14.8 Å². The number of rotatable bonds is 5. The third kappa shape index (κ3) is 4.02. The molecule has 108 valence electrons. The Balaban J connectivity index is 2.06. The number of aromatic nitrogens is 1. The Morgan fingerprint density at radius 1 is 1.38 bits per heavy atom. The number of hydrogen-bond acceptors (Lipinski definition) is 5. The lowest BCUT2D eigenvalue weighted by Gasteiger charge is -2.04. The summed E-state index contributed by atoms with van der Waals surface area (Å²) in [4.78, 5) is 25.0. The van der Waals surface area contributed by atoms with E-state index in [2.05, 4.69) is 20.9 Å². The van der Waals surface area contributed by atoms with Crippen LogP contribution >= 0.6 is 27.7 Å². The second-order valence-electron chi connectivity index (χ2n) is 4.01. The van der Waals surface area contributed by atoms with Crippen LogP contribution in [0.4, 0.5) is 5.69 Å². The fraction of sp³-hybridized carbons (Fsp3) is 0.0769. The standard InChI is InChI=1S/C13H9BrN2O4S/c14-11-5-10(16(19)20)3-1-9(11)7-21-12-4-2-8(6-15-12)13(17)18/h1-6H,7H2,(H,17,18). The smallest absolute Gasteiger partial charge is 0.337 e. The predicted octanol–water partition coefficient (Wildman–Crippen LogP) is 3.74. The van der Waals surface area contributed by atoms with Gasteiger partial charge in [0.2, 0.25) is 0 Å². The summed E-state index contributed by atoms with van der Waals surface area (Å²) in [6.45, 7) is 0. The number of hydrogen-bond donors (Lipinski definition) is 1. The van der Waals surface area contributed by atoms with Crippen LogP contribution < -0.4 is 0 Å². The topological polar surface area (TPSA) is 93.3 Å². The quantitative estimate of drug-likeness (QED) is 0.490. The zero-order chi connectivity index (χ0) is 15.4. The molecule has 0 fully saturated rings. The van der Waals surface area contributed by atoms with Crippen LogP contribution in [0.15, 0.2) is 46.0 Å². The van der Waals surface area contributed by atoms with Crippen molar-refractivity contribution in [3.63, 3.8) is 0 Å². The Hall–Kier alpha value is -1.93. The molecule has 0 amide bonds. The van der Waals surface area contributed by atoms with Crippen LogP contribution in [0, 0.1) is 10.1 Å². The van der Waals surface area contributed by atoms with Gasteiger partial charge in [-0.25, -0.2) is 9.78 Å². The largest absolute Gasteiger partial charge is 0.478 e. The van der Waals surface area contributed by atoms with Crippen molar-refractivity contribution in [1.29, 1.82) is 0 Å². The first-order valence-electron chi connectivity index (χ1n) is 5.72. The summed E-state index contributed by atoms with van der Waals surface area (Å²) in [6.07, 6.45) is 1.30. The molecule has 2 aromatic rings. The average molecular weight is 369 g/mol. The van der Waals surface area contributed by atoms with Gasteiger partial charge in [-0.1, -0.05) is 22.0 Å². The summed E-state index contributed by atoms with van der Waals surface area (Å²) in [5, 5.41) is 20.1. The van der Waals surface area contributed by atoms with E-state index in [9.17, 15) is 14.9 Å². The molecule has 0 bridgehead atoms. The third-order valence-electron chi connectivity index (χ3n) is 2.61. The van der Waals surface area contributed by atoms with E-state index in [1.165, 1.54) is 36.2 Å². The maximum absolute atomic E-state index is 10.7. The van der Waals surface area contributed by atoms with Gasteiger partial charge in [-0.15, -0.1) is 11.8 Å². The van der Waals surface area contributed by atoms with Gasteiger partial charge >= 0.3 is 5.97 Å². The minimum atomic E-state index is -1.02. The van der Waals surface area contributed by atoms with E-state index in [0.717, 1.165) is 5.56 Å². The lowest BCUT2D eigenvalue weighted by molar-refractivity contribution is -0.384. The molecule has 8 heteroatoms. The number of thioether (sulfide) groups is 1. The van der Waals surface area contributed by atoms with E-state index in [-0.39, 0.29) is 11.3 Å². The number of benzene rings is 1. The van der Waals surface area contributed by atoms with Crippen LogP contribution in [-0.2, 0) is 5.75 Å². The second-order valence-corrected chi connectivity index (χ2v) is 5.86. The Morgan fingerprint density at radius 3 is 2.67 bits per heavy atom. The van der Waals surface area contributed by atoms with Crippen molar-refractivity contribution in [3.8, 4) is 0 Å². The highest BCUT2D eigenvalue weighted by atomic mass is 79.9. The van der Waals surface area contributed by atoms with Gasteiger partial charge in [0.25, 0.3) is 5.69 Å². The van der Waals surface area contributed by atoms with Crippen LogP contribution in [0.25, 0.3) is 0 Å². The Morgan fingerprint density at radius 2 is 2.14 bits per heavy atom. The number of carbonyl (C=O) groups is 1. The molecule has 2 rings (SSSR count). The van der Waals surface area contributed by atoms with Crippen LogP contribution in [-0.4, -0.2) is 21.0 Å². The molecule has 1 N–H and O–H groups in total. The first-order valence-corrected chi connectivity index (χ1v) is 7.50.